The third-order valence-corrected chi connectivity index (χ3v) is 3.78. The fourth-order valence-corrected chi connectivity index (χ4v) is 2.83. The number of carboxylic acid groups (broad SMARTS) is 1. The van der Waals surface area contributed by atoms with Gasteiger partial charge in [0.05, 0.1) is 18.1 Å². The van der Waals surface area contributed by atoms with Crippen LogP contribution in [0.1, 0.15) is 30.6 Å². The zero-order valence-corrected chi connectivity index (χ0v) is 12.7. The Balaban J connectivity index is 2.27. The summed E-state index contributed by atoms with van der Waals surface area (Å²) in [5.41, 5.74) is 0.139. The Labute approximate surface area is 128 Å². The van der Waals surface area contributed by atoms with E-state index in [1.165, 1.54) is 23.1 Å². The maximum atomic E-state index is 13.9. The number of likely N-dealkylation sites (tertiary alicyclic amines) is 1. The monoisotopic (exact) mass is 309 g/mol. The van der Waals surface area contributed by atoms with E-state index in [9.17, 15) is 19.1 Å². The Hall–Kier alpha value is -2.11. The molecule has 1 N–H and O–H groups in total. The van der Waals surface area contributed by atoms with E-state index in [1.54, 1.807) is 6.92 Å². The van der Waals surface area contributed by atoms with E-state index in [-0.39, 0.29) is 36.3 Å². The summed E-state index contributed by atoms with van der Waals surface area (Å²) in [6.07, 6.45) is 0.542. The molecule has 1 amide bonds. The summed E-state index contributed by atoms with van der Waals surface area (Å²) in [6, 6.07) is 4.19. The van der Waals surface area contributed by atoms with Gasteiger partial charge in [-0.05, 0) is 31.4 Å². The number of rotatable bonds is 4. The molecule has 0 spiro atoms. The van der Waals surface area contributed by atoms with Crippen LogP contribution in [0.3, 0.4) is 0 Å². The lowest BCUT2D eigenvalue weighted by atomic mass is 9.90. The van der Waals surface area contributed by atoms with E-state index in [0.717, 1.165) is 0 Å². The van der Waals surface area contributed by atoms with Gasteiger partial charge in [-0.25, -0.2) is 4.39 Å². The highest BCUT2D eigenvalue weighted by Gasteiger charge is 2.33. The number of hydrogen-bond acceptors (Lipinski definition) is 3. The second kappa shape index (κ2) is 6.77. The summed E-state index contributed by atoms with van der Waals surface area (Å²) in [7, 11) is 0. The van der Waals surface area contributed by atoms with Crippen LogP contribution in [-0.4, -0.2) is 41.6 Å². The number of amides is 1. The number of halogens is 1. The summed E-state index contributed by atoms with van der Waals surface area (Å²) in [4.78, 5) is 25.3. The van der Waals surface area contributed by atoms with Crippen molar-refractivity contribution < 1.29 is 23.8 Å². The molecule has 0 bridgehead atoms. The predicted octanol–water partition coefficient (Wildman–Crippen LogP) is 2.41. The Morgan fingerprint density at radius 1 is 1.41 bits per heavy atom. The first-order valence-corrected chi connectivity index (χ1v) is 7.37. The van der Waals surface area contributed by atoms with Gasteiger partial charge in [-0.2, -0.15) is 0 Å². The van der Waals surface area contributed by atoms with E-state index in [1.807, 2.05) is 6.92 Å². The van der Waals surface area contributed by atoms with Gasteiger partial charge in [-0.1, -0.05) is 13.0 Å². The topological polar surface area (TPSA) is 66.8 Å². The first-order chi connectivity index (χ1) is 10.4. The predicted molar refractivity (Wildman–Crippen MR) is 78.4 cm³/mol. The van der Waals surface area contributed by atoms with E-state index in [2.05, 4.69) is 0 Å². The van der Waals surface area contributed by atoms with Gasteiger partial charge in [-0.3, -0.25) is 9.59 Å². The average Bonchev–Trinajstić information content (AvgIpc) is 2.48. The van der Waals surface area contributed by atoms with Crippen molar-refractivity contribution in [3.05, 3.63) is 29.6 Å². The van der Waals surface area contributed by atoms with Crippen LogP contribution in [0.15, 0.2) is 18.2 Å². The standard InChI is InChI=1S/C16H20FNO4/c1-3-22-14-12(5-4-6-13(14)17)15(19)18-8-10(2)7-11(9-18)16(20)21/h4-6,10-11H,3,7-9H2,1-2H3,(H,20,21). The van der Waals surface area contributed by atoms with E-state index in [0.29, 0.717) is 13.0 Å². The van der Waals surface area contributed by atoms with Gasteiger partial charge in [-0.15, -0.1) is 0 Å². The van der Waals surface area contributed by atoms with Crippen LogP contribution in [0.2, 0.25) is 0 Å². The normalized spacial score (nSPS) is 21.5. The number of ether oxygens (including phenoxy) is 1. The minimum absolute atomic E-state index is 0.0694. The number of carbonyl (C=O) groups is 2. The number of carbonyl (C=O) groups excluding carboxylic acids is 1. The minimum Gasteiger partial charge on any atom is -0.490 e. The number of piperidine rings is 1. The van der Waals surface area contributed by atoms with E-state index >= 15 is 0 Å². The molecule has 6 heteroatoms. The number of benzene rings is 1. The molecule has 0 saturated carbocycles. The summed E-state index contributed by atoms with van der Waals surface area (Å²) in [5, 5.41) is 9.19. The van der Waals surface area contributed by atoms with Crippen molar-refractivity contribution in [1.82, 2.24) is 4.90 Å². The summed E-state index contributed by atoms with van der Waals surface area (Å²) >= 11 is 0. The fraction of sp³-hybridized carbons (Fsp3) is 0.500. The molecule has 1 aromatic carbocycles. The van der Waals surface area contributed by atoms with Crippen LogP contribution < -0.4 is 4.74 Å². The number of carboxylic acids is 1. The van der Waals surface area contributed by atoms with Gasteiger partial charge in [0, 0.05) is 13.1 Å². The number of hydrogen-bond donors (Lipinski definition) is 1. The summed E-state index contributed by atoms with van der Waals surface area (Å²) < 4.78 is 19.1. The molecule has 2 unspecified atom stereocenters. The van der Waals surface area contributed by atoms with Crippen LogP contribution in [0.5, 0.6) is 5.75 Å². The molecule has 5 nitrogen and oxygen atoms in total. The third-order valence-electron chi connectivity index (χ3n) is 3.78. The van der Waals surface area contributed by atoms with Gasteiger partial charge in [0.15, 0.2) is 11.6 Å². The molecule has 0 aromatic heterocycles. The van der Waals surface area contributed by atoms with Crippen molar-refractivity contribution in [2.45, 2.75) is 20.3 Å². The molecule has 2 atom stereocenters. The highest BCUT2D eigenvalue weighted by atomic mass is 19.1. The maximum Gasteiger partial charge on any atom is 0.308 e. The number of nitrogens with zero attached hydrogens (tertiary/aromatic N) is 1. The van der Waals surface area contributed by atoms with Crippen molar-refractivity contribution in [2.75, 3.05) is 19.7 Å². The van der Waals surface area contributed by atoms with Gasteiger partial charge in [0.2, 0.25) is 0 Å². The van der Waals surface area contributed by atoms with Gasteiger partial charge >= 0.3 is 5.97 Å². The molecule has 120 valence electrons. The highest BCUT2D eigenvalue weighted by molar-refractivity contribution is 5.97. The van der Waals surface area contributed by atoms with Crippen LogP contribution in [0.25, 0.3) is 0 Å². The summed E-state index contributed by atoms with van der Waals surface area (Å²) in [6.45, 7) is 4.47. The van der Waals surface area contributed by atoms with Crippen LogP contribution in [0.4, 0.5) is 4.39 Å². The van der Waals surface area contributed by atoms with Crippen molar-refractivity contribution in [3.63, 3.8) is 0 Å². The Morgan fingerprint density at radius 3 is 2.77 bits per heavy atom. The largest absolute Gasteiger partial charge is 0.490 e. The van der Waals surface area contributed by atoms with Crippen LogP contribution >= 0.6 is 0 Å². The first-order valence-electron chi connectivity index (χ1n) is 7.37. The number of aliphatic carboxylic acids is 1. The van der Waals surface area contributed by atoms with Crippen LogP contribution in [0, 0.1) is 17.7 Å². The molecule has 1 aromatic rings. The molecular weight excluding hydrogens is 289 g/mol. The zero-order chi connectivity index (χ0) is 16.3. The third kappa shape index (κ3) is 3.37. The molecule has 1 heterocycles. The lowest BCUT2D eigenvalue weighted by Crippen LogP contribution is -2.45. The second-order valence-electron chi connectivity index (χ2n) is 5.64. The molecule has 1 aliphatic rings. The van der Waals surface area contributed by atoms with Gasteiger partial charge in [0.1, 0.15) is 0 Å². The zero-order valence-electron chi connectivity index (χ0n) is 12.7. The first kappa shape index (κ1) is 16.3. The number of para-hydroxylation sites is 1. The van der Waals surface area contributed by atoms with E-state index in [4.69, 9.17) is 4.74 Å². The maximum absolute atomic E-state index is 13.9. The molecule has 1 saturated heterocycles. The fourth-order valence-electron chi connectivity index (χ4n) is 2.83. The van der Waals surface area contributed by atoms with Crippen molar-refractivity contribution in [2.24, 2.45) is 11.8 Å². The Morgan fingerprint density at radius 2 is 2.14 bits per heavy atom. The molecule has 2 rings (SSSR count). The highest BCUT2D eigenvalue weighted by Crippen LogP contribution is 2.28. The smallest absolute Gasteiger partial charge is 0.308 e. The average molecular weight is 309 g/mol. The Bertz CT molecular complexity index is 575. The molecular formula is C16H20FNO4. The lowest BCUT2D eigenvalue weighted by Gasteiger charge is -2.35. The lowest BCUT2D eigenvalue weighted by molar-refractivity contribution is -0.143. The molecule has 0 aliphatic carbocycles. The molecule has 1 aliphatic heterocycles. The van der Waals surface area contributed by atoms with Gasteiger partial charge in [0.25, 0.3) is 5.91 Å². The van der Waals surface area contributed by atoms with Crippen molar-refractivity contribution in [1.29, 1.82) is 0 Å². The second-order valence-corrected chi connectivity index (χ2v) is 5.64. The van der Waals surface area contributed by atoms with Crippen LogP contribution in [-0.2, 0) is 4.79 Å². The molecule has 0 radical (unpaired) electrons. The van der Waals surface area contributed by atoms with Gasteiger partial charge < -0.3 is 14.7 Å². The summed E-state index contributed by atoms with van der Waals surface area (Å²) in [5.74, 6) is -2.46. The quantitative estimate of drug-likeness (QED) is 0.927. The Kier molecular flexibility index (Phi) is 5.00. The van der Waals surface area contributed by atoms with Crippen molar-refractivity contribution in [3.8, 4) is 5.75 Å². The molecule has 22 heavy (non-hydrogen) atoms. The van der Waals surface area contributed by atoms with Crippen molar-refractivity contribution >= 4 is 11.9 Å². The SMILES string of the molecule is CCOc1c(F)cccc1C(=O)N1CC(C)CC(C(=O)O)C1. The van der Waals surface area contributed by atoms with E-state index < -0.39 is 17.7 Å². The molecule has 1 fully saturated rings. The minimum atomic E-state index is -0.909.